The van der Waals surface area contributed by atoms with E-state index in [2.05, 4.69) is 34.1 Å². The number of hydrogen-bond acceptors (Lipinski definition) is 3. The molecule has 27 heavy (non-hydrogen) atoms. The van der Waals surface area contributed by atoms with E-state index >= 15 is 0 Å². The Bertz CT molecular complexity index is 946. The van der Waals surface area contributed by atoms with E-state index in [9.17, 15) is 4.79 Å². The van der Waals surface area contributed by atoms with Crippen LogP contribution in [0.25, 0.3) is 10.9 Å². The zero-order valence-electron chi connectivity index (χ0n) is 16.3. The summed E-state index contributed by atoms with van der Waals surface area (Å²) in [7, 11) is 5.25. The van der Waals surface area contributed by atoms with Crippen molar-refractivity contribution in [3.8, 4) is 11.5 Å². The molecule has 0 bridgehead atoms. The maximum atomic E-state index is 12.4. The molecule has 1 N–H and O–H groups in total. The van der Waals surface area contributed by atoms with Crippen LogP contribution in [0.5, 0.6) is 11.5 Å². The maximum absolute atomic E-state index is 12.4. The number of benzene rings is 2. The van der Waals surface area contributed by atoms with E-state index in [0.29, 0.717) is 17.9 Å². The highest BCUT2D eigenvalue weighted by molar-refractivity contribution is 5.81. The van der Waals surface area contributed by atoms with Crippen molar-refractivity contribution in [1.29, 1.82) is 0 Å². The summed E-state index contributed by atoms with van der Waals surface area (Å²) in [5, 5.41) is 4.26. The minimum Gasteiger partial charge on any atom is -0.493 e. The van der Waals surface area contributed by atoms with Gasteiger partial charge in [-0.3, -0.25) is 4.79 Å². The molecule has 1 atom stereocenters. The van der Waals surface area contributed by atoms with Gasteiger partial charge in [0.2, 0.25) is 5.91 Å². The van der Waals surface area contributed by atoms with Gasteiger partial charge in [-0.05, 0) is 60.2 Å². The Labute approximate surface area is 159 Å². The molecular formula is C22H26N2O3. The first-order chi connectivity index (χ1) is 13.0. The number of nitrogens with zero attached hydrogens (tertiary/aromatic N) is 1. The van der Waals surface area contributed by atoms with Gasteiger partial charge in [0, 0.05) is 25.2 Å². The molecule has 0 saturated heterocycles. The summed E-state index contributed by atoms with van der Waals surface area (Å²) >= 11 is 0. The van der Waals surface area contributed by atoms with Gasteiger partial charge in [0.15, 0.2) is 11.5 Å². The van der Waals surface area contributed by atoms with E-state index in [1.165, 1.54) is 16.5 Å². The summed E-state index contributed by atoms with van der Waals surface area (Å²) in [6, 6.07) is 14.0. The zero-order valence-corrected chi connectivity index (χ0v) is 16.3. The fourth-order valence-electron chi connectivity index (χ4n) is 3.26. The van der Waals surface area contributed by atoms with Gasteiger partial charge in [-0.25, -0.2) is 0 Å². The molecule has 1 unspecified atom stereocenters. The second kappa shape index (κ2) is 8.16. The van der Waals surface area contributed by atoms with Crippen LogP contribution in [-0.2, 0) is 18.3 Å². The molecule has 0 aliphatic rings. The molecule has 5 nitrogen and oxygen atoms in total. The lowest BCUT2D eigenvalue weighted by Crippen LogP contribution is -2.26. The van der Waals surface area contributed by atoms with E-state index in [1.807, 2.05) is 38.4 Å². The third-order valence-corrected chi connectivity index (χ3v) is 4.88. The van der Waals surface area contributed by atoms with Gasteiger partial charge in [0.05, 0.1) is 20.3 Å². The number of aromatic nitrogens is 1. The van der Waals surface area contributed by atoms with Gasteiger partial charge in [-0.2, -0.15) is 0 Å². The van der Waals surface area contributed by atoms with Crippen LogP contribution in [0.1, 0.15) is 30.5 Å². The minimum atomic E-state index is -0.103. The van der Waals surface area contributed by atoms with Crippen LogP contribution >= 0.6 is 0 Å². The van der Waals surface area contributed by atoms with Crippen LogP contribution < -0.4 is 14.8 Å². The Morgan fingerprint density at radius 3 is 2.59 bits per heavy atom. The predicted octanol–water partition coefficient (Wildman–Crippen LogP) is 4.01. The average Bonchev–Trinajstić information content (AvgIpc) is 3.06. The number of carbonyl (C=O) groups excluding carboxylic acids is 1. The SMILES string of the molecule is COc1ccc(C(C)NC(=O)CCc2ccc3c(ccn3C)c2)cc1OC. The number of hydrogen-bond donors (Lipinski definition) is 1. The molecule has 142 valence electrons. The minimum absolute atomic E-state index is 0.0328. The molecule has 2 aromatic carbocycles. The molecule has 0 saturated carbocycles. The van der Waals surface area contributed by atoms with Gasteiger partial charge in [0.1, 0.15) is 0 Å². The van der Waals surface area contributed by atoms with E-state index in [-0.39, 0.29) is 11.9 Å². The highest BCUT2D eigenvalue weighted by Crippen LogP contribution is 2.29. The molecule has 1 aromatic heterocycles. The molecule has 0 aliphatic carbocycles. The van der Waals surface area contributed by atoms with Crippen molar-refractivity contribution < 1.29 is 14.3 Å². The van der Waals surface area contributed by atoms with Crippen molar-refractivity contribution in [1.82, 2.24) is 9.88 Å². The topological polar surface area (TPSA) is 52.5 Å². The first-order valence-corrected chi connectivity index (χ1v) is 9.07. The predicted molar refractivity (Wildman–Crippen MR) is 107 cm³/mol. The number of rotatable bonds is 7. The van der Waals surface area contributed by atoms with Crippen LogP contribution in [-0.4, -0.2) is 24.7 Å². The molecule has 3 rings (SSSR count). The van der Waals surface area contributed by atoms with Crippen LogP contribution in [0, 0.1) is 0 Å². The third kappa shape index (κ3) is 4.25. The molecule has 5 heteroatoms. The number of methoxy groups -OCH3 is 2. The van der Waals surface area contributed by atoms with Crippen molar-refractivity contribution in [2.24, 2.45) is 7.05 Å². The summed E-state index contributed by atoms with van der Waals surface area (Å²) < 4.78 is 12.7. The van der Waals surface area contributed by atoms with Crippen LogP contribution in [0.2, 0.25) is 0 Å². The Morgan fingerprint density at radius 2 is 1.85 bits per heavy atom. The van der Waals surface area contributed by atoms with Gasteiger partial charge >= 0.3 is 0 Å². The number of nitrogens with one attached hydrogen (secondary N) is 1. The van der Waals surface area contributed by atoms with E-state index in [1.54, 1.807) is 14.2 Å². The smallest absolute Gasteiger partial charge is 0.220 e. The Kier molecular flexibility index (Phi) is 5.69. The molecule has 1 amide bonds. The summed E-state index contributed by atoms with van der Waals surface area (Å²) in [5.74, 6) is 1.37. The Hall–Kier alpha value is -2.95. The van der Waals surface area contributed by atoms with Gasteiger partial charge in [-0.1, -0.05) is 12.1 Å². The number of fused-ring (bicyclic) bond motifs is 1. The zero-order chi connectivity index (χ0) is 19.4. The van der Waals surface area contributed by atoms with Crippen LogP contribution in [0.4, 0.5) is 0 Å². The highest BCUT2D eigenvalue weighted by atomic mass is 16.5. The van der Waals surface area contributed by atoms with E-state index < -0.39 is 0 Å². The number of amides is 1. The third-order valence-electron chi connectivity index (χ3n) is 4.88. The van der Waals surface area contributed by atoms with Crippen molar-refractivity contribution >= 4 is 16.8 Å². The highest BCUT2D eigenvalue weighted by Gasteiger charge is 2.13. The van der Waals surface area contributed by atoms with Gasteiger partial charge in [-0.15, -0.1) is 0 Å². The quantitative estimate of drug-likeness (QED) is 0.687. The summed E-state index contributed by atoms with van der Waals surface area (Å²) in [5.41, 5.74) is 3.35. The van der Waals surface area contributed by atoms with E-state index in [4.69, 9.17) is 9.47 Å². The fraction of sp³-hybridized carbons (Fsp3) is 0.318. The molecular weight excluding hydrogens is 340 g/mol. The monoisotopic (exact) mass is 366 g/mol. The van der Waals surface area contributed by atoms with Gasteiger partial charge < -0.3 is 19.4 Å². The second-order valence-electron chi connectivity index (χ2n) is 6.72. The summed E-state index contributed by atoms with van der Waals surface area (Å²) in [4.78, 5) is 12.4. The lowest BCUT2D eigenvalue weighted by Gasteiger charge is -2.16. The lowest BCUT2D eigenvalue weighted by atomic mass is 10.1. The van der Waals surface area contributed by atoms with Crippen molar-refractivity contribution in [2.45, 2.75) is 25.8 Å². The first kappa shape index (κ1) is 18.8. The molecule has 3 aromatic rings. The fourth-order valence-corrected chi connectivity index (χ4v) is 3.26. The standard InChI is InChI=1S/C22H26N2O3/c1-15(17-7-9-20(26-3)21(14-17)27-4)23-22(25)10-6-16-5-8-19-18(13-16)11-12-24(19)2/h5,7-9,11-15H,6,10H2,1-4H3,(H,23,25). The normalized spacial score (nSPS) is 12.0. The Morgan fingerprint density at radius 1 is 1.07 bits per heavy atom. The van der Waals surface area contributed by atoms with Crippen LogP contribution in [0.3, 0.4) is 0 Å². The number of aryl methyl sites for hydroxylation is 2. The molecule has 0 spiro atoms. The molecule has 0 aliphatic heterocycles. The summed E-state index contributed by atoms with van der Waals surface area (Å²) in [6.07, 6.45) is 3.22. The van der Waals surface area contributed by atoms with Crippen LogP contribution in [0.15, 0.2) is 48.7 Å². The maximum Gasteiger partial charge on any atom is 0.220 e. The Balaban J connectivity index is 1.59. The van der Waals surface area contributed by atoms with Crippen molar-refractivity contribution in [3.63, 3.8) is 0 Å². The van der Waals surface area contributed by atoms with Crippen molar-refractivity contribution in [3.05, 3.63) is 59.8 Å². The lowest BCUT2D eigenvalue weighted by molar-refractivity contribution is -0.121. The summed E-state index contributed by atoms with van der Waals surface area (Å²) in [6.45, 7) is 1.97. The number of ether oxygens (including phenoxy) is 2. The molecule has 0 radical (unpaired) electrons. The second-order valence-corrected chi connectivity index (χ2v) is 6.72. The average molecular weight is 366 g/mol. The molecule has 0 fully saturated rings. The van der Waals surface area contributed by atoms with Gasteiger partial charge in [0.25, 0.3) is 0 Å². The van der Waals surface area contributed by atoms with Crippen molar-refractivity contribution in [2.75, 3.05) is 14.2 Å². The first-order valence-electron chi connectivity index (χ1n) is 9.07. The number of carbonyl (C=O) groups is 1. The molecule has 1 heterocycles. The largest absolute Gasteiger partial charge is 0.493 e. The van der Waals surface area contributed by atoms with E-state index in [0.717, 1.165) is 12.0 Å².